The van der Waals surface area contributed by atoms with E-state index >= 15 is 0 Å². The maximum atomic E-state index is 12.6. The summed E-state index contributed by atoms with van der Waals surface area (Å²) >= 11 is 0. The second kappa shape index (κ2) is 5.12. The average molecular weight is 272 g/mol. The molecule has 0 unspecified atom stereocenters. The lowest BCUT2D eigenvalue weighted by Crippen LogP contribution is -2.34. The number of nitrogens with zero attached hydrogens (tertiary/aromatic N) is 4. The Morgan fingerprint density at radius 1 is 1.47 bits per heavy atom. The monoisotopic (exact) mass is 272 g/mol. The van der Waals surface area contributed by atoms with E-state index in [1.54, 1.807) is 0 Å². The Kier molecular flexibility index (Phi) is 3.54. The lowest BCUT2D eigenvalue weighted by atomic mass is 10.2. The van der Waals surface area contributed by atoms with E-state index in [9.17, 15) is 18.4 Å². The van der Waals surface area contributed by atoms with Crippen molar-refractivity contribution in [3.63, 3.8) is 0 Å². The number of carbonyl (C=O) groups excluding carboxylic acids is 1. The van der Waals surface area contributed by atoms with Gasteiger partial charge in [0.1, 0.15) is 18.1 Å². The first-order chi connectivity index (χ1) is 8.99. The molecular formula is C10H10F2N4O3. The van der Waals surface area contributed by atoms with Crippen molar-refractivity contribution in [1.82, 2.24) is 14.6 Å². The van der Waals surface area contributed by atoms with Crippen molar-refractivity contribution in [2.24, 2.45) is 5.10 Å². The van der Waals surface area contributed by atoms with Crippen LogP contribution in [0.4, 0.5) is 8.78 Å². The fraction of sp³-hybridized carbons (Fsp3) is 0.400. The highest BCUT2D eigenvalue weighted by Gasteiger charge is 2.25. The number of aliphatic carboxylic acids is 1. The van der Waals surface area contributed by atoms with Gasteiger partial charge in [-0.15, -0.1) is 0 Å². The van der Waals surface area contributed by atoms with E-state index in [1.807, 2.05) is 0 Å². The van der Waals surface area contributed by atoms with Crippen molar-refractivity contribution < 1.29 is 23.5 Å². The smallest absolute Gasteiger partial charge is 0.352 e. The largest absolute Gasteiger partial charge is 0.477 e. The van der Waals surface area contributed by atoms with Gasteiger partial charge in [-0.3, -0.25) is 9.36 Å². The zero-order valence-electron chi connectivity index (χ0n) is 9.66. The van der Waals surface area contributed by atoms with Crippen LogP contribution in [-0.4, -0.2) is 37.3 Å². The van der Waals surface area contributed by atoms with Crippen molar-refractivity contribution >= 4 is 17.6 Å². The fourth-order valence-electron chi connectivity index (χ4n) is 1.66. The number of aromatic nitrogens is 2. The summed E-state index contributed by atoms with van der Waals surface area (Å²) in [5.74, 6) is -1.71. The van der Waals surface area contributed by atoms with Gasteiger partial charge in [0.25, 0.3) is 0 Å². The van der Waals surface area contributed by atoms with Crippen LogP contribution in [0.2, 0.25) is 0 Å². The predicted octanol–water partition coefficient (Wildman–Crippen LogP) is 0.841. The van der Waals surface area contributed by atoms with E-state index in [-0.39, 0.29) is 30.9 Å². The third kappa shape index (κ3) is 2.75. The molecule has 7 nitrogen and oxygen atoms in total. The van der Waals surface area contributed by atoms with Gasteiger partial charge in [0.05, 0.1) is 0 Å². The van der Waals surface area contributed by atoms with Crippen LogP contribution < -0.4 is 0 Å². The van der Waals surface area contributed by atoms with Crippen LogP contribution in [0.5, 0.6) is 0 Å². The average Bonchev–Trinajstić information content (AvgIpc) is 2.80. The zero-order chi connectivity index (χ0) is 14.0. The van der Waals surface area contributed by atoms with Gasteiger partial charge in [-0.1, -0.05) is 0 Å². The molecule has 19 heavy (non-hydrogen) atoms. The summed E-state index contributed by atoms with van der Waals surface area (Å²) in [6, 6.07) is 0. The van der Waals surface area contributed by atoms with Gasteiger partial charge in [0.2, 0.25) is 5.91 Å². The molecule has 9 heteroatoms. The number of carboxylic acid groups (broad SMARTS) is 1. The first-order valence-corrected chi connectivity index (χ1v) is 5.40. The second-order valence-corrected chi connectivity index (χ2v) is 3.83. The molecule has 102 valence electrons. The summed E-state index contributed by atoms with van der Waals surface area (Å²) in [4.78, 5) is 26.1. The van der Waals surface area contributed by atoms with Gasteiger partial charge < -0.3 is 5.11 Å². The molecule has 1 N–H and O–H groups in total. The molecule has 1 amide bonds. The lowest BCUT2D eigenvalue weighted by Gasteiger charge is -2.22. The molecule has 0 atom stereocenters. The summed E-state index contributed by atoms with van der Waals surface area (Å²) in [5.41, 5.74) is -0.172. The number of carboxylic acids is 1. The minimum Gasteiger partial charge on any atom is -0.477 e. The van der Waals surface area contributed by atoms with Crippen LogP contribution in [0.15, 0.2) is 17.5 Å². The predicted molar refractivity (Wildman–Crippen MR) is 58.3 cm³/mol. The van der Waals surface area contributed by atoms with Crippen molar-refractivity contribution in [3.8, 4) is 0 Å². The molecule has 2 heterocycles. The topological polar surface area (TPSA) is 87.8 Å². The molecule has 0 fully saturated rings. The molecule has 1 aliphatic rings. The van der Waals surface area contributed by atoms with E-state index in [1.165, 1.54) is 6.20 Å². The van der Waals surface area contributed by atoms with Crippen molar-refractivity contribution in [3.05, 3.63) is 18.2 Å². The van der Waals surface area contributed by atoms with Gasteiger partial charge in [0, 0.05) is 25.2 Å². The summed E-state index contributed by atoms with van der Waals surface area (Å²) in [6.45, 7) is -3.06. The molecule has 1 aromatic rings. The molecule has 0 saturated heterocycles. The summed E-state index contributed by atoms with van der Waals surface area (Å²) in [7, 11) is 0. The Hall–Kier alpha value is -2.32. The number of hydrogen-bond donors (Lipinski definition) is 1. The van der Waals surface area contributed by atoms with Gasteiger partial charge in [-0.05, 0) is 0 Å². The minimum absolute atomic E-state index is 0.0134. The second-order valence-electron chi connectivity index (χ2n) is 3.83. The third-order valence-electron chi connectivity index (χ3n) is 2.60. The van der Waals surface area contributed by atoms with E-state index < -0.39 is 18.4 Å². The van der Waals surface area contributed by atoms with E-state index in [0.29, 0.717) is 4.57 Å². The van der Waals surface area contributed by atoms with Gasteiger partial charge in [0.15, 0.2) is 0 Å². The standard InChI is InChI=1S/C10H10F2N4O3/c11-10(12)15-4-3-13-7(15)5-16-8(17)2-1-6(14-16)9(18)19/h3-4,10H,1-2,5H2,(H,18,19). The number of hydrogen-bond acceptors (Lipinski definition) is 4. The van der Waals surface area contributed by atoms with Crippen molar-refractivity contribution in [1.29, 1.82) is 0 Å². The molecule has 2 rings (SSSR count). The van der Waals surface area contributed by atoms with Crippen LogP contribution in [0.25, 0.3) is 0 Å². The number of alkyl halides is 2. The van der Waals surface area contributed by atoms with Crippen molar-refractivity contribution in [2.75, 3.05) is 0 Å². The summed E-state index contributed by atoms with van der Waals surface area (Å²) in [5, 5.41) is 13.3. The fourth-order valence-corrected chi connectivity index (χ4v) is 1.66. The van der Waals surface area contributed by atoms with E-state index in [2.05, 4.69) is 10.1 Å². The summed E-state index contributed by atoms with van der Waals surface area (Å²) in [6.07, 6.45) is 2.28. The van der Waals surface area contributed by atoms with Crippen molar-refractivity contribution in [2.45, 2.75) is 25.9 Å². The molecule has 1 aliphatic heterocycles. The Balaban J connectivity index is 2.21. The number of amides is 1. The quantitative estimate of drug-likeness (QED) is 0.879. The molecule has 0 saturated carbocycles. The van der Waals surface area contributed by atoms with E-state index in [4.69, 9.17) is 5.11 Å². The number of hydrazone groups is 1. The van der Waals surface area contributed by atoms with Crippen LogP contribution in [-0.2, 0) is 16.1 Å². The zero-order valence-corrected chi connectivity index (χ0v) is 9.66. The molecule has 0 spiro atoms. The molecule has 0 aromatic carbocycles. The number of halogens is 2. The van der Waals surface area contributed by atoms with Gasteiger partial charge in [-0.25, -0.2) is 14.8 Å². The maximum Gasteiger partial charge on any atom is 0.352 e. The van der Waals surface area contributed by atoms with Crippen LogP contribution in [0.1, 0.15) is 25.2 Å². The van der Waals surface area contributed by atoms with Gasteiger partial charge >= 0.3 is 12.5 Å². The highest BCUT2D eigenvalue weighted by molar-refractivity contribution is 6.36. The summed E-state index contributed by atoms with van der Waals surface area (Å²) < 4.78 is 25.8. The Morgan fingerprint density at radius 3 is 2.84 bits per heavy atom. The number of rotatable bonds is 4. The van der Waals surface area contributed by atoms with Crippen LogP contribution in [0.3, 0.4) is 0 Å². The Morgan fingerprint density at radius 2 is 2.21 bits per heavy atom. The lowest BCUT2D eigenvalue weighted by molar-refractivity contribution is -0.133. The molecular weight excluding hydrogens is 262 g/mol. The first-order valence-electron chi connectivity index (χ1n) is 5.40. The normalized spacial score (nSPS) is 15.8. The SMILES string of the molecule is O=C(O)C1=NN(Cc2nccn2C(F)F)C(=O)CC1. The number of carbonyl (C=O) groups is 2. The first kappa shape index (κ1) is 13.1. The third-order valence-corrected chi connectivity index (χ3v) is 2.60. The Labute approximate surface area is 106 Å². The van der Waals surface area contributed by atoms with Gasteiger partial charge in [-0.2, -0.15) is 13.9 Å². The van der Waals surface area contributed by atoms with E-state index in [0.717, 1.165) is 11.2 Å². The van der Waals surface area contributed by atoms with Crippen LogP contribution >= 0.6 is 0 Å². The highest BCUT2D eigenvalue weighted by Crippen LogP contribution is 2.17. The minimum atomic E-state index is -2.78. The molecule has 0 bridgehead atoms. The number of imidazole rings is 1. The highest BCUT2D eigenvalue weighted by atomic mass is 19.3. The van der Waals surface area contributed by atoms with Crippen LogP contribution in [0, 0.1) is 0 Å². The molecule has 0 aliphatic carbocycles. The Bertz CT molecular complexity index is 541. The maximum absolute atomic E-state index is 12.6. The molecule has 1 aromatic heterocycles. The molecule has 0 radical (unpaired) electrons.